The van der Waals surface area contributed by atoms with E-state index in [1.165, 1.54) is 6.20 Å². The van der Waals surface area contributed by atoms with Gasteiger partial charge in [-0.1, -0.05) is 12.1 Å². The molecule has 3 aromatic rings. The third-order valence-corrected chi connectivity index (χ3v) is 2.67. The van der Waals surface area contributed by atoms with Crippen molar-refractivity contribution in [1.82, 2.24) is 9.71 Å². The lowest BCUT2D eigenvalue weighted by Crippen LogP contribution is -2.26. The van der Waals surface area contributed by atoms with Crippen LogP contribution in [0.2, 0.25) is 0 Å². The Bertz CT molecular complexity index is 691. The van der Waals surface area contributed by atoms with Gasteiger partial charge in [0.05, 0.1) is 5.39 Å². The van der Waals surface area contributed by atoms with Crippen molar-refractivity contribution in [3.05, 3.63) is 42.0 Å². The molecule has 0 aliphatic carbocycles. The van der Waals surface area contributed by atoms with E-state index in [0.29, 0.717) is 17.6 Å². The molecular formula is C12H11N3O2. The summed E-state index contributed by atoms with van der Waals surface area (Å²) in [5.74, 6) is 0. The minimum atomic E-state index is 0.548. The van der Waals surface area contributed by atoms with Crippen LogP contribution in [0.1, 0.15) is 6.92 Å². The molecule has 0 saturated heterocycles. The van der Waals surface area contributed by atoms with Crippen molar-refractivity contribution >= 4 is 21.9 Å². The van der Waals surface area contributed by atoms with E-state index in [-0.39, 0.29) is 0 Å². The van der Waals surface area contributed by atoms with E-state index >= 15 is 0 Å². The zero-order chi connectivity index (χ0) is 11.8. The van der Waals surface area contributed by atoms with Crippen LogP contribution in [0.15, 0.2) is 36.8 Å². The van der Waals surface area contributed by atoms with Gasteiger partial charge in [-0.05, 0) is 13.0 Å². The van der Waals surface area contributed by atoms with E-state index in [0.717, 1.165) is 15.6 Å². The first-order valence-electron chi connectivity index (χ1n) is 5.42. The van der Waals surface area contributed by atoms with Gasteiger partial charge in [-0.3, -0.25) is 0 Å². The molecule has 86 valence electrons. The molecule has 0 radical (unpaired) electrons. The number of rotatable bonds is 2. The van der Waals surface area contributed by atoms with Crippen molar-refractivity contribution in [3.63, 3.8) is 0 Å². The van der Waals surface area contributed by atoms with E-state index < -0.39 is 0 Å². The Morgan fingerprint density at radius 1 is 1.41 bits per heavy atom. The maximum atomic E-state index is 11.8. The van der Waals surface area contributed by atoms with Gasteiger partial charge in [0.2, 0.25) is 11.7 Å². The second-order valence-corrected chi connectivity index (χ2v) is 3.69. The van der Waals surface area contributed by atoms with E-state index in [9.17, 15) is 5.21 Å². The summed E-state index contributed by atoms with van der Waals surface area (Å²) in [4.78, 5) is 9.62. The normalized spacial score (nSPS) is 11.1. The number of nitrogens with zero attached hydrogens (tertiary/aromatic N) is 3. The van der Waals surface area contributed by atoms with Crippen molar-refractivity contribution in [2.75, 3.05) is 6.61 Å². The van der Waals surface area contributed by atoms with Crippen LogP contribution < -0.4 is 9.57 Å². The van der Waals surface area contributed by atoms with E-state index in [1.54, 1.807) is 17.1 Å². The van der Waals surface area contributed by atoms with Crippen molar-refractivity contribution < 1.29 is 9.57 Å². The minimum Gasteiger partial charge on any atom is -0.618 e. The first-order valence-corrected chi connectivity index (χ1v) is 5.42. The van der Waals surface area contributed by atoms with Gasteiger partial charge < -0.3 is 10.0 Å². The zero-order valence-corrected chi connectivity index (χ0v) is 9.33. The Morgan fingerprint density at radius 3 is 3.06 bits per heavy atom. The summed E-state index contributed by atoms with van der Waals surface area (Å²) >= 11 is 0. The van der Waals surface area contributed by atoms with E-state index in [2.05, 4.69) is 4.98 Å². The summed E-state index contributed by atoms with van der Waals surface area (Å²) in [7, 11) is 0. The Balaban J connectivity index is 2.46. The summed E-state index contributed by atoms with van der Waals surface area (Å²) in [6.07, 6.45) is 3.05. The van der Waals surface area contributed by atoms with Crippen LogP contribution in [0.4, 0.5) is 0 Å². The largest absolute Gasteiger partial charge is 0.618 e. The molecular weight excluding hydrogens is 218 g/mol. The zero-order valence-electron chi connectivity index (χ0n) is 9.33. The molecule has 1 aromatic carbocycles. The fourth-order valence-electron chi connectivity index (χ4n) is 1.98. The van der Waals surface area contributed by atoms with Crippen molar-refractivity contribution in [1.29, 1.82) is 0 Å². The number of benzene rings is 1. The highest BCUT2D eigenvalue weighted by Gasteiger charge is 2.14. The number of aromatic nitrogens is 3. The maximum absolute atomic E-state index is 11.8. The third-order valence-electron chi connectivity index (χ3n) is 2.67. The summed E-state index contributed by atoms with van der Waals surface area (Å²) in [6.45, 7) is 2.46. The summed E-state index contributed by atoms with van der Waals surface area (Å²) in [5.41, 5.74) is 2.07. The van der Waals surface area contributed by atoms with Crippen LogP contribution in [-0.4, -0.2) is 16.3 Å². The lowest BCUT2D eigenvalue weighted by Gasteiger charge is -2.06. The Kier molecular flexibility index (Phi) is 2.11. The molecule has 0 atom stereocenters. The van der Waals surface area contributed by atoms with Gasteiger partial charge in [0.25, 0.3) is 0 Å². The number of fused-ring (bicyclic) bond motifs is 3. The molecule has 2 aromatic heterocycles. The summed E-state index contributed by atoms with van der Waals surface area (Å²) in [6, 6.07) is 7.41. The molecule has 0 spiro atoms. The first kappa shape index (κ1) is 9.89. The van der Waals surface area contributed by atoms with E-state index in [4.69, 9.17) is 4.84 Å². The molecule has 0 N–H and O–H groups in total. The fraction of sp³-hybridized carbons (Fsp3) is 0.167. The van der Waals surface area contributed by atoms with Crippen LogP contribution in [0.3, 0.4) is 0 Å². The lowest BCUT2D eigenvalue weighted by atomic mass is 10.2. The van der Waals surface area contributed by atoms with Gasteiger partial charge in [-0.25, -0.2) is 4.98 Å². The third kappa shape index (κ3) is 1.39. The Morgan fingerprint density at radius 2 is 2.24 bits per heavy atom. The van der Waals surface area contributed by atoms with E-state index in [1.807, 2.05) is 25.1 Å². The van der Waals surface area contributed by atoms with Gasteiger partial charge in [-0.2, -0.15) is 9.46 Å². The standard InChI is InChI=1S/C12H11N3O2/c1-2-17-15-8-13-10-7-14(16)11-6-4-3-5-9(11)12(10)15/h3-8H,2H2,1H3. The number of imidazole rings is 1. The Hall–Kier alpha value is -2.30. The predicted octanol–water partition coefficient (Wildman–Crippen LogP) is 1.27. The molecule has 0 aliphatic heterocycles. The monoisotopic (exact) mass is 229 g/mol. The summed E-state index contributed by atoms with van der Waals surface area (Å²) < 4.78 is 2.44. The van der Waals surface area contributed by atoms with Crippen molar-refractivity contribution in [2.24, 2.45) is 0 Å². The van der Waals surface area contributed by atoms with Gasteiger partial charge in [0.15, 0.2) is 5.52 Å². The maximum Gasteiger partial charge on any atom is 0.226 e. The molecule has 0 saturated carbocycles. The summed E-state index contributed by atoms with van der Waals surface area (Å²) in [5, 5.41) is 12.6. The molecule has 0 fully saturated rings. The Labute approximate surface area is 97.4 Å². The predicted molar refractivity (Wildman–Crippen MR) is 63.3 cm³/mol. The molecule has 0 bridgehead atoms. The highest BCUT2D eigenvalue weighted by atomic mass is 16.7. The quantitative estimate of drug-likeness (QED) is 0.491. The molecule has 3 rings (SSSR count). The molecule has 5 nitrogen and oxygen atoms in total. The molecule has 2 heterocycles. The van der Waals surface area contributed by atoms with Crippen LogP contribution in [0.25, 0.3) is 21.9 Å². The van der Waals surface area contributed by atoms with Crippen molar-refractivity contribution in [2.45, 2.75) is 6.92 Å². The second kappa shape index (κ2) is 3.62. The fourth-order valence-corrected chi connectivity index (χ4v) is 1.98. The highest BCUT2D eigenvalue weighted by molar-refractivity contribution is 6.00. The van der Waals surface area contributed by atoms with Crippen LogP contribution >= 0.6 is 0 Å². The lowest BCUT2D eigenvalue weighted by molar-refractivity contribution is -0.575. The highest BCUT2D eigenvalue weighted by Crippen LogP contribution is 2.20. The average Bonchev–Trinajstić information content (AvgIpc) is 2.73. The number of pyridine rings is 1. The number of hydrogen-bond donors (Lipinski definition) is 0. The van der Waals surface area contributed by atoms with Gasteiger partial charge in [0.1, 0.15) is 18.5 Å². The number of para-hydroxylation sites is 1. The van der Waals surface area contributed by atoms with Crippen molar-refractivity contribution in [3.8, 4) is 0 Å². The van der Waals surface area contributed by atoms with Crippen LogP contribution in [0.5, 0.6) is 0 Å². The average molecular weight is 229 g/mol. The first-order chi connectivity index (χ1) is 8.31. The van der Waals surface area contributed by atoms with Gasteiger partial charge in [-0.15, -0.1) is 0 Å². The molecule has 17 heavy (non-hydrogen) atoms. The van der Waals surface area contributed by atoms with Crippen LogP contribution in [-0.2, 0) is 0 Å². The smallest absolute Gasteiger partial charge is 0.226 e. The molecule has 5 heteroatoms. The van der Waals surface area contributed by atoms with Crippen LogP contribution in [0, 0.1) is 5.21 Å². The molecule has 0 amide bonds. The second-order valence-electron chi connectivity index (χ2n) is 3.69. The number of hydrogen-bond acceptors (Lipinski definition) is 3. The minimum absolute atomic E-state index is 0.548. The van der Waals surface area contributed by atoms with Gasteiger partial charge >= 0.3 is 0 Å². The SMILES string of the molecule is CCOn1cnc2c[n+]([O-])c3ccccc3c21. The van der Waals surface area contributed by atoms with Gasteiger partial charge in [0, 0.05) is 6.07 Å². The molecule has 0 aliphatic rings. The molecule has 0 unspecified atom stereocenters. The topological polar surface area (TPSA) is 54.0 Å².